The molecule has 9 aromatic carbocycles. The summed E-state index contributed by atoms with van der Waals surface area (Å²) in [6.45, 7) is 22.0. The number of carbonyl (C=O) groups excluding carboxylic acids is 6. The molecule has 3 aliphatic heterocycles. The number of rotatable bonds is 20. The molecule has 454 valence electrons. The van der Waals surface area contributed by atoms with Crippen LogP contribution in [0.5, 0.6) is 34.5 Å². The summed E-state index contributed by atoms with van der Waals surface area (Å²) in [4.78, 5) is 84.4. The van der Waals surface area contributed by atoms with Gasteiger partial charge in [0.2, 0.25) is 0 Å². The molecule has 0 spiro atoms. The normalized spacial score (nSPS) is 13.7. The molecule has 0 saturated heterocycles. The Hall–Kier alpha value is -8.89. The van der Waals surface area contributed by atoms with E-state index in [1.807, 2.05) is 121 Å². The standard InChI is InChI=1S/C46H44N2O7Si2.C21H15NO3.C4H14OSi2/c1-56(2,29-13-27-47-43(49)35-21-11-19-33-39(53-31-15-7-5-8-16-31)25-23-37(41(33)35)45(47)51)55-57(3,4)30-14-28-48-44(50)36-22-12-20-34-40(54-32-17-9-6-10-18-32)26-24-38(42(34)36)46(48)52;1-2-13-22-20(23)16-10-6-9-15-18(25-14-7-4-3-5-8-14)12-11-17(19(15)16)21(22)24;1-6(2)5-7(3)4/h5-12,15-26H,13-14,27-30H2,1-4H3;2-12H,1,13H2;6-7H,1-4H3. The molecule has 18 heteroatoms. The molecule has 89 heavy (non-hydrogen) atoms. The van der Waals surface area contributed by atoms with E-state index in [0.29, 0.717) is 110 Å². The second kappa shape index (κ2) is 27.2. The molecule has 0 N–H and O–H groups in total. The van der Waals surface area contributed by atoms with Crippen LogP contribution in [0.2, 0.25) is 64.5 Å². The summed E-state index contributed by atoms with van der Waals surface area (Å²) in [6.07, 6.45) is 2.80. The molecule has 9 aromatic rings. The Kier molecular flexibility index (Phi) is 19.3. The van der Waals surface area contributed by atoms with Gasteiger partial charge < -0.3 is 22.4 Å². The van der Waals surface area contributed by atoms with Gasteiger partial charge in [0.05, 0.1) is 0 Å². The van der Waals surface area contributed by atoms with Crippen LogP contribution in [0.25, 0.3) is 32.3 Å². The molecule has 3 aliphatic rings. The number of amides is 6. The fraction of sp³-hybridized carbons (Fsp3) is 0.211. The first-order valence-corrected chi connectivity index (χ1v) is 41.9. The number of hydrogen-bond donors (Lipinski definition) is 0. The summed E-state index contributed by atoms with van der Waals surface area (Å²) in [6, 6.07) is 56.8. The van der Waals surface area contributed by atoms with E-state index in [9.17, 15) is 28.8 Å². The molecule has 14 nitrogen and oxygen atoms in total. The van der Waals surface area contributed by atoms with Crippen LogP contribution in [0.15, 0.2) is 195 Å². The molecule has 0 fully saturated rings. The van der Waals surface area contributed by atoms with Gasteiger partial charge in [-0.05, 0) is 168 Å². The highest BCUT2D eigenvalue weighted by Crippen LogP contribution is 2.41. The lowest BCUT2D eigenvalue weighted by molar-refractivity contribution is 0.0595. The SMILES string of the molecule is C=CCN1C(=O)c2cccc3c(Oc4ccccc4)ccc(c23)C1=O.C[SiH](C)O[SiH](C)C.C[Si](C)(CCCN1C(=O)c2cccc3c(Oc4ccccc4)ccc(c23)C1=O)O[Si](C)(C)CCCN1C(=O)c2cccc3c(Oc4ccccc4)ccc(c23)C1=O. The average molecular weight is 1260 g/mol. The molecular weight excluding hydrogens is 1180 g/mol. The maximum Gasteiger partial charge on any atom is 0.261 e. The molecule has 6 amide bonds. The van der Waals surface area contributed by atoms with Crippen LogP contribution in [0.4, 0.5) is 0 Å². The summed E-state index contributed by atoms with van der Waals surface area (Å²) in [5.41, 5.74) is 2.99. The highest BCUT2D eigenvalue weighted by atomic mass is 28.4. The third kappa shape index (κ3) is 14.0. The average Bonchev–Trinajstić information content (AvgIpc) is 0.812. The summed E-state index contributed by atoms with van der Waals surface area (Å²) in [7, 11) is -5.78. The van der Waals surface area contributed by atoms with Crippen LogP contribution >= 0.6 is 0 Å². The van der Waals surface area contributed by atoms with Crippen molar-refractivity contribution >= 4 is 102 Å². The number of hydrogen-bond acceptors (Lipinski definition) is 11. The van der Waals surface area contributed by atoms with Gasteiger partial charge in [0.1, 0.15) is 34.5 Å². The van der Waals surface area contributed by atoms with Crippen molar-refractivity contribution in [3.05, 3.63) is 228 Å². The van der Waals surface area contributed by atoms with E-state index in [1.54, 1.807) is 66.7 Å². The van der Waals surface area contributed by atoms with Gasteiger partial charge in [-0.1, -0.05) is 97.1 Å². The molecule has 0 atom stereocenters. The Morgan fingerprint density at radius 1 is 0.382 bits per heavy atom. The van der Waals surface area contributed by atoms with Gasteiger partial charge in [-0.15, -0.1) is 6.58 Å². The minimum Gasteiger partial charge on any atom is -0.461 e. The Morgan fingerprint density at radius 3 is 0.955 bits per heavy atom. The molecule has 0 unspecified atom stereocenters. The number of imide groups is 3. The van der Waals surface area contributed by atoms with Crippen molar-refractivity contribution in [1.82, 2.24) is 14.7 Å². The summed E-state index contributed by atoms with van der Waals surface area (Å²) < 4.78 is 30.7. The van der Waals surface area contributed by atoms with Crippen molar-refractivity contribution in [2.75, 3.05) is 19.6 Å². The molecule has 0 aliphatic carbocycles. The van der Waals surface area contributed by atoms with Crippen molar-refractivity contribution in [2.24, 2.45) is 0 Å². The lowest BCUT2D eigenvalue weighted by Crippen LogP contribution is -2.46. The molecule has 0 radical (unpaired) electrons. The van der Waals surface area contributed by atoms with Crippen LogP contribution in [0, 0.1) is 0 Å². The van der Waals surface area contributed by atoms with Gasteiger partial charge in [-0.3, -0.25) is 43.5 Å². The Balaban J connectivity index is 0.000000224. The number of carbonyl (C=O) groups is 6. The predicted octanol–water partition coefficient (Wildman–Crippen LogP) is 16.1. The number of para-hydroxylation sites is 3. The van der Waals surface area contributed by atoms with Gasteiger partial charge in [0.15, 0.2) is 34.7 Å². The van der Waals surface area contributed by atoms with Crippen molar-refractivity contribution < 1.29 is 51.2 Å². The second-order valence-electron chi connectivity index (χ2n) is 23.9. The van der Waals surface area contributed by atoms with E-state index in [-0.39, 0.29) is 42.0 Å². The maximum atomic E-state index is 13.8. The fourth-order valence-corrected chi connectivity index (χ4v) is 25.1. The lowest BCUT2D eigenvalue weighted by Gasteiger charge is -2.35. The minimum atomic E-state index is -2.23. The topological polar surface area (TPSA) is 158 Å². The zero-order valence-electron chi connectivity index (χ0n) is 51.5. The van der Waals surface area contributed by atoms with Crippen LogP contribution in [-0.2, 0) is 8.23 Å². The first-order valence-electron chi connectivity index (χ1n) is 30.1. The third-order valence-electron chi connectivity index (χ3n) is 15.5. The highest BCUT2D eigenvalue weighted by molar-refractivity contribution is 6.84. The maximum absolute atomic E-state index is 13.8. The zero-order chi connectivity index (χ0) is 63.1. The monoisotopic (exact) mass is 1260 g/mol. The molecular formula is C71H73N3O11Si4. The number of benzene rings is 9. The van der Waals surface area contributed by atoms with Gasteiger partial charge in [-0.25, -0.2) is 0 Å². The quantitative estimate of drug-likeness (QED) is 0.0406. The Morgan fingerprint density at radius 2 is 0.674 bits per heavy atom. The van der Waals surface area contributed by atoms with Crippen molar-refractivity contribution in [3.63, 3.8) is 0 Å². The first kappa shape index (κ1) is 63.1. The lowest BCUT2D eigenvalue weighted by atomic mass is 9.93. The smallest absolute Gasteiger partial charge is 0.261 e. The van der Waals surface area contributed by atoms with Crippen molar-refractivity contribution in [2.45, 2.75) is 77.3 Å². The van der Waals surface area contributed by atoms with Gasteiger partial charge in [-0.2, -0.15) is 0 Å². The number of nitrogens with zero attached hydrogens (tertiary/aromatic N) is 3. The van der Waals surface area contributed by atoms with Gasteiger partial charge >= 0.3 is 0 Å². The van der Waals surface area contributed by atoms with E-state index in [0.717, 1.165) is 28.2 Å². The van der Waals surface area contributed by atoms with Gasteiger partial charge in [0, 0.05) is 85.3 Å². The summed E-state index contributed by atoms with van der Waals surface area (Å²) in [5.74, 6) is 2.04. The van der Waals surface area contributed by atoms with Crippen LogP contribution in [0.3, 0.4) is 0 Å². The molecule has 0 bridgehead atoms. The minimum absolute atomic E-state index is 0.190. The largest absolute Gasteiger partial charge is 0.461 e. The van der Waals surface area contributed by atoms with Crippen LogP contribution in [-0.4, -0.2) is 104 Å². The van der Waals surface area contributed by atoms with Gasteiger partial charge in [0.25, 0.3) is 35.4 Å². The van der Waals surface area contributed by atoms with Crippen molar-refractivity contribution in [1.29, 1.82) is 0 Å². The van der Waals surface area contributed by atoms with Crippen molar-refractivity contribution in [3.8, 4) is 34.5 Å². The highest BCUT2D eigenvalue weighted by Gasteiger charge is 2.39. The molecule has 0 aromatic heterocycles. The molecule has 12 rings (SSSR count). The zero-order valence-corrected chi connectivity index (χ0v) is 55.9. The predicted molar refractivity (Wildman–Crippen MR) is 361 cm³/mol. The van der Waals surface area contributed by atoms with E-state index in [1.165, 1.54) is 14.7 Å². The van der Waals surface area contributed by atoms with Crippen LogP contribution in [0.1, 0.15) is 75.0 Å². The summed E-state index contributed by atoms with van der Waals surface area (Å²) in [5, 5.41) is 4.09. The summed E-state index contributed by atoms with van der Waals surface area (Å²) >= 11 is 0. The molecule has 3 heterocycles. The van der Waals surface area contributed by atoms with E-state index >= 15 is 0 Å². The Labute approximate surface area is 524 Å². The van der Waals surface area contributed by atoms with E-state index in [4.69, 9.17) is 22.4 Å². The third-order valence-corrected chi connectivity index (χ3v) is 27.4. The molecule has 0 saturated carbocycles. The van der Waals surface area contributed by atoms with E-state index in [2.05, 4.69) is 59.0 Å². The first-order chi connectivity index (χ1) is 42.7. The second-order valence-corrected chi connectivity index (χ2v) is 38.0. The van der Waals surface area contributed by atoms with Crippen LogP contribution < -0.4 is 14.2 Å². The van der Waals surface area contributed by atoms with E-state index < -0.39 is 34.7 Å². The fourth-order valence-electron chi connectivity index (χ4n) is 11.9. The Bertz CT molecular complexity index is 3930. The number of ether oxygens (including phenoxy) is 3.